The number of halogens is 2. The summed E-state index contributed by atoms with van der Waals surface area (Å²) in [5.41, 5.74) is 4.90. The Labute approximate surface area is 279 Å². The first-order valence-electron chi connectivity index (χ1n) is 14.1. The van der Waals surface area contributed by atoms with Crippen molar-refractivity contribution in [2.24, 2.45) is 5.10 Å². The molecule has 0 spiro atoms. The number of aliphatic hydroxyl groups excluding tert-OH is 1. The topological polar surface area (TPSA) is 149 Å². The fraction of sp³-hybridized carbons (Fsp3) is 0.281. The van der Waals surface area contributed by atoms with Crippen molar-refractivity contribution in [3.05, 3.63) is 91.9 Å². The van der Waals surface area contributed by atoms with Gasteiger partial charge < -0.3 is 39.4 Å². The van der Waals surface area contributed by atoms with E-state index < -0.39 is 24.3 Å². The first-order chi connectivity index (χ1) is 22.1. The molecule has 244 valence electrons. The van der Waals surface area contributed by atoms with Crippen LogP contribution in [0, 0.1) is 9.39 Å². The Morgan fingerprint density at radius 1 is 1.11 bits per heavy atom. The summed E-state index contributed by atoms with van der Waals surface area (Å²) in [4.78, 5) is 24.6. The predicted octanol–water partition coefficient (Wildman–Crippen LogP) is 4.54. The van der Waals surface area contributed by atoms with Gasteiger partial charge in [0.25, 0.3) is 0 Å². The highest BCUT2D eigenvalue weighted by Crippen LogP contribution is 2.36. The highest BCUT2D eigenvalue weighted by Gasteiger charge is 2.32. The number of nitrogens with one attached hydrogen (secondary N) is 3. The number of nitrogens with zero attached hydrogens (tertiary/aromatic N) is 1. The minimum atomic E-state index is -1.19. The summed E-state index contributed by atoms with van der Waals surface area (Å²) in [5, 5.41) is 19.9. The monoisotopic (exact) mass is 748 g/mol. The van der Waals surface area contributed by atoms with E-state index in [-0.39, 0.29) is 24.6 Å². The molecule has 46 heavy (non-hydrogen) atoms. The minimum Gasteiger partial charge on any atom is -0.493 e. The van der Waals surface area contributed by atoms with E-state index in [1.807, 2.05) is 0 Å². The zero-order valence-electron chi connectivity index (χ0n) is 25.6. The molecule has 0 unspecified atom stereocenters. The first kappa shape index (κ1) is 34.3. The number of aliphatic hydroxyl groups is 1. The van der Waals surface area contributed by atoms with Gasteiger partial charge in [-0.25, -0.2) is 14.0 Å². The molecule has 1 aliphatic rings. The van der Waals surface area contributed by atoms with E-state index in [0.29, 0.717) is 52.0 Å². The summed E-state index contributed by atoms with van der Waals surface area (Å²) < 4.78 is 42.5. The van der Waals surface area contributed by atoms with Crippen molar-refractivity contribution in [2.75, 3.05) is 27.4 Å². The molecule has 0 aromatic heterocycles. The first-order valence-corrected chi connectivity index (χ1v) is 15.2. The number of methoxy groups -OCH3 is 2. The molecule has 12 nitrogen and oxygen atoms in total. The molecule has 0 saturated carbocycles. The minimum absolute atomic E-state index is 0.0355. The molecule has 2 atom stereocenters. The van der Waals surface area contributed by atoms with E-state index in [1.54, 1.807) is 62.4 Å². The highest BCUT2D eigenvalue weighted by molar-refractivity contribution is 14.1. The predicted molar refractivity (Wildman–Crippen MR) is 175 cm³/mol. The molecule has 4 rings (SSSR count). The number of hydrogen-bond donors (Lipinski definition) is 4. The molecule has 0 bridgehead atoms. The van der Waals surface area contributed by atoms with Gasteiger partial charge in [-0.05, 0) is 77.9 Å². The van der Waals surface area contributed by atoms with Gasteiger partial charge in [0.15, 0.2) is 29.2 Å². The second kappa shape index (κ2) is 16.1. The van der Waals surface area contributed by atoms with E-state index in [9.17, 15) is 19.1 Å². The number of urea groups is 1. The Morgan fingerprint density at radius 3 is 2.61 bits per heavy atom. The third-order valence-corrected chi connectivity index (χ3v) is 7.49. The van der Waals surface area contributed by atoms with Crippen LogP contribution < -0.4 is 35.0 Å². The number of amides is 2. The van der Waals surface area contributed by atoms with E-state index in [4.69, 9.17) is 23.7 Å². The number of benzene rings is 3. The van der Waals surface area contributed by atoms with Crippen molar-refractivity contribution in [3.63, 3.8) is 0 Å². The average molecular weight is 749 g/mol. The fourth-order valence-electron chi connectivity index (χ4n) is 4.54. The normalized spacial score (nSPS) is 15.1. The van der Waals surface area contributed by atoms with Gasteiger partial charge in [-0.3, -0.25) is 5.43 Å². The van der Waals surface area contributed by atoms with E-state index in [2.05, 4.69) is 43.8 Å². The van der Waals surface area contributed by atoms with Crippen molar-refractivity contribution < 1.29 is 42.8 Å². The van der Waals surface area contributed by atoms with Crippen LogP contribution in [0.5, 0.6) is 23.0 Å². The Hall–Kier alpha value is -4.57. The lowest BCUT2D eigenvalue weighted by molar-refractivity contribution is -0.136. The van der Waals surface area contributed by atoms with Crippen LogP contribution in [0.1, 0.15) is 36.6 Å². The van der Waals surface area contributed by atoms with E-state index in [1.165, 1.54) is 26.5 Å². The molecular weight excluding hydrogens is 714 g/mol. The lowest BCUT2D eigenvalue weighted by Gasteiger charge is -2.28. The molecule has 4 N–H and O–H groups in total. The van der Waals surface area contributed by atoms with Gasteiger partial charge in [-0.15, -0.1) is 0 Å². The number of ether oxygens (including phenoxy) is 5. The number of hydrazone groups is 1. The lowest BCUT2D eigenvalue weighted by atomic mass is 9.95. The smallest absolute Gasteiger partial charge is 0.337 e. The van der Waals surface area contributed by atoms with Crippen LogP contribution >= 0.6 is 22.6 Å². The molecule has 14 heteroatoms. The van der Waals surface area contributed by atoms with Crippen molar-refractivity contribution in [3.8, 4) is 23.0 Å². The molecule has 0 radical (unpaired) electrons. The van der Waals surface area contributed by atoms with E-state index >= 15 is 0 Å². The molecule has 1 heterocycles. The van der Waals surface area contributed by atoms with Crippen molar-refractivity contribution in [1.29, 1.82) is 0 Å². The SMILES string of the molecule is CCOc1cc([C@@H]2NC(=O)NC(C)=C2C(=O)OC)ccc1OC[C@@H](O)N/N=C\c1cc(I)c(OCc2ccccc2F)c(OC)c1. The maximum absolute atomic E-state index is 14.0. The maximum Gasteiger partial charge on any atom is 0.337 e. The lowest BCUT2D eigenvalue weighted by Crippen LogP contribution is -2.45. The van der Waals surface area contributed by atoms with Gasteiger partial charge in [0, 0.05) is 11.3 Å². The van der Waals surface area contributed by atoms with Crippen molar-refractivity contribution in [1.82, 2.24) is 16.1 Å². The zero-order chi connectivity index (χ0) is 33.2. The van der Waals surface area contributed by atoms with Crippen LogP contribution in [0.25, 0.3) is 0 Å². The summed E-state index contributed by atoms with van der Waals surface area (Å²) in [5.74, 6) is 0.657. The molecule has 0 saturated heterocycles. The van der Waals surface area contributed by atoms with Gasteiger partial charge in [0.2, 0.25) is 0 Å². The number of allylic oxidation sites excluding steroid dienone is 1. The van der Waals surface area contributed by atoms with Gasteiger partial charge in [0.05, 0.1) is 42.2 Å². The second-order valence-corrected chi connectivity index (χ2v) is 11.0. The van der Waals surface area contributed by atoms with Gasteiger partial charge in [-0.2, -0.15) is 5.10 Å². The van der Waals surface area contributed by atoms with Crippen molar-refractivity contribution >= 4 is 40.8 Å². The van der Waals surface area contributed by atoms with Gasteiger partial charge in [-0.1, -0.05) is 24.3 Å². The molecule has 2 amide bonds. The van der Waals surface area contributed by atoms with Crippen LogP contribution in [-0.2, 0) is 16.1 Å². The Balaban J connectivity index is 1.39. The average Bonchev–Trinajstić information content (AvgIpc) is 3.03. The zero-order valence-corrected chi connectivity index (χ0v) is 27.7. The highest BCUT2D eigenvalue weighted by atomic mass is 127. The summed E-state index contributed by atoms with van der Waals surface area (Å²) in [6.07, 6.45) is 0.311. The third kappa shape index (κ3) is 8.57. The molecule has 3 aromatic carbocycles. The number of rotatable bonds is 14. The standard InChI is InChI=1S/C32H34FIN4O8/c1-5-44-25-14-20(29-28(31(40)43-4)18(2)36-32(41)37-29)10-11-24(25)45-17-27(39)38-35-15-19-12-23(34)30(26(13-19)42-3)46-16-21-8-6-7-9-22(21)33/h6-15,27,29,38-39H,5,16-17H2,1-4H3,(H2,36,37,41)/b35-15-/t27-,29+/m1/s1. The number of carbonyl (C=O) groups is 2. The maximum atomic E-state index is 14.0. The Morgan fingerprint density at radius 2 is 1.89 bits per heavy atom. The van der Waals surface area contributed by atoms with Crippen LogP contribution in [0.15, 0.2) is 71.0 Å². The van der Waals surface area contributed by atoms with Crippen molar-refractivity contribution in [2.45, 2.75) is 32.7 Å². The molecule has 0 aliphatic carbocycles. The Bertz CT molecular complexity index is 1630. The summed E-state index contributed by atoms with van der Waals surface area (Å²) in [6, 6.07) is 13.6. The third-order valence-electron chi connectivity index (χ3n) is 6.69. The second-order valence-electron chi connectivity index (χ2n) is 9.83. The largest absolute Gasteiger partial charge is 0.493 e. The fourth-order valence-corrected chi connectivity index (χ4v) is 5.32. The van der Waals surface area contributed by atoms with Crippen LogP contribution in [-0.4, -0.2) is 57.0 Å². The van der Waals surface area contributed by atoms with E-state index in [0.717, 1.165) is 3.57 Å². The summed E-state index contributed by atoms with van der Waals surface area (Å²) in [7, 11) is 2.77. The quantitative estimate of drug-likeness (QED) is 0.0614. The molecule has 1 aliphatic heterocycles. The Kier molecular flexibility index (Phi) is 12.0. The molecular formula is C32H34FIN4O8. The van der Waals surface area contributed by atoms with Crippen LogP contribution in [0.2, 0.25) is 0 Å². The number of carbonyl (C=O) groups excluding carboxylic acids is 2. The summed E-state index contributed by atoms with van der Waals surface area (Å²) >= 11 is 2.09. The summed E-state index contributed by atoms with van der Waals surface area (Å²) in [6.45, 7) is 3.59. The van der Waals surface area contributed by atoms with Crippen LogP contribution in [0.4, 0.5) is 9.18 Å². The molecule has 0 fully saturated rings. The van der Waals surface area contributed by atoms with Crippen LogP contribution in [0.3, 0.4) is 0 Å². The number of hydrogen-bond acceptors (Lipinski definition) is 10. The van der Waals surface area contributed by atoms with Gasteiger partial charge >= 0.3 is 12.0 Å². The van der Waals surface area contributed by atoms with Gasteiger partial charge in [0.1, 0.15) is 19.0 Å². The molecule has 3 aromatic rings. The number of esters is 1.